The molecule has 0 saturated heterocycles. The first-order valence-corrected chi connectivity index (χ1v) is 6.82. The van der Waals surface area contributed by atoms with Gasteiger partial charge in [-0.2, -0.15) is 0 Å². The van der Waals surface area contributed by atoms with Crippen LogP contribution in [0.5, 0.6) is 0 Å². The normalized spacial score (nSPS) is 11.4. The second-order valence-corrected chi connectivity index (χ2v) is 4.69. The minimum Gasteiger partial charge on any atom is -0.370 e. The van der Waals surface area contributed by atoms with E-state index in [-0.39, 0.29) is 10.9 Å². The molecule has 0 atom stereocenters. The lowest BCUT2D eigenvalue weighted by Crippen LogP contribution is -2.44. The molecule has 0 saturated carbocycles. The van der Waals surface area contributed by atoms with Crippen molar-refractivity contribution in [3.05, 3.63) is 26.0 Å². The Morgan fingerprint density at radius 3 is 2.11 bits per heavy atom. The van der Waals surface area contributed by atoms with Crippen molar-refractivity contribution in [2.24, 2.45) is 0 Å². The Hall–Kier alpha value is -1.16. The van der Waals surface area contributed by atoms with Gasteiger partial charge in [-0.25, -0.2) is 0 Å². The molecule has 1 rings (SSSR count). The summed E-state index contributed by atoms with van der Waals surface area (Å²) < 4.78 is 0. The molecule has 0 aliphatic carbocycles. The maximum Gasteiger partial charge on any atom is 0.249 e. The zero-order chi connectivity index (χ0) is 13.7. The van der Waals surface area contributed by atoms with Gasteiger partial charge in [-0.05, 0) is 25.9 Å². The zero-order valence-electron chi connectivity index (χ0n) is 12.0. The molecule has 0 fully saturated rings. The van der Waals surface area contributed by atoms with E-state index in [0.29, 0.717) is 17.7 Å². The van der Waals surface area contributed by atoms with E-state index in [9.17, 15) is 9.59 Å². The summed E-state index contributed by atoms with van der Waals surface area (Å²) in [4.78, 5) is 27.2. The molecule has 1 aromatic rings. The van der Waals surface area contributed by atoms with Crippen LogP contribution in [0.3, 0.4) is 0 Å². The maximum atomic E-state index is 11.5. The van der Waals surface area contributed by atoms with E-state index in [0.717, 1.165) is 32.6 Å². The van der Waals surface area contributed by atoms with E-state index in [4.69, 9.17) is 0 Å². The standard InChI is InChI=1S/C14H24N2O2/c1-5-8-16(7-3)10-9-15(4)12-11(6-2)13(17)14(12)18/h5-10H2,1-4H3. The van der Waals surface area contributed by atoms with Crippen LogP contribution in [-0.4, -0.2) is 38.1 Å². The van der Waals surface area contributed by atoms with Crippen molar-refractivity contribution in [1.82, 2.24) is 4.90 Å². The molecule has 0 radical (unpaired) electrons. The Bertz CT molecular complexity index is 447. The molecule has 18 heavy (non-hydrogen) atoms. The van der Waals surface area contributed by atoms with Gasteiger partial charge in [-0.1, -0.05) is 20.8 Å². The maximum absolute atomic E-state index is 11.5. The topological polar surface area (TPSA) is 40.6 Å². The molecule has 0 heterocycles. The summed E-state index contributed by atoms with van der Waals surface area (Å²) >= 11 is 0. The Kier molecular flexibility index (Phi) is 5.54. The van der Waals surface area contributed by atoms with Crippen LogP contribution in [0.25, 0.3) is 0 Å². The molecule has 4 nitrogen and oxygen atoms in total. The molecular formula is C14H24N2O2. The fourth-order valence-corrected chi connectivity index (χ4v) is 2.31. The number of hydrogen-bond acceptors (Lipinski definition) is 4. The average molecular weight is 252 g/mol. The van der Waals surface area contributed by atoms with Crippen LogP contribution in [0.15, 0.2) is 9.59 Å². The largest absolute Gasteiger partial charge is 0.370 e. The van der Waals surface area contributed by atoms with Crippen molar-refractivity contribution in [2.75, 3.05) is 38.1 Å². The second-order valence-electron chi connectivity index (χ2n) is 4.69. The van der Waals surface area contributed by atoms with Crippen LogP contribution in [0, 0.1) is 0 Å². The molecule has 0 N–H and O–H groups in total. The SMILES string of the molecule is CCCN(CC)CCN(C)c1c(CC)c(=O)c1=O. The molecule has 1 aromatic carbocycles. The number of likely N-dealkylation sites (N-methyl/N-ethyl adjacent to an activating group) is 2. The van der Waals surface area contributed by atoms with Gasteiger partial charge in [0.15, 0.2) is 0 Å². The number of anilines is 1. The van der Waals surface area contributed by atoms with Crippen molar-refractivity contribution in [1.29, 1.82) is 0 Å². The summed E-state index contributed by atoms with van der Waals surface area (Å²) in [5, 5.41) is 0. The minimum atomic E-state index is -0.312. The first-order valence-electron chi connectivity index (χ1n) is 6.82. The molecule has 0 aliphatic rings. The third-order valence-corrected chi connectivity index (χ3v) is 3.46. The number of nitrogens with zero attached hydrogens (tertiary/aromatic N) is 2. The number of rotatable bonds is 8. The van der Waals surface area contributed by atoms with Crippen molar-refractivity contribution in [3.63, 3.8) is 0 Å². The van der Waals surface area contributed by atoms with E-state index < -0.39 is 0 Å². The molecule has 0 bridgehead atoms. The van der Waals surface area contributed by atoms with Gasteiger partial charge in [0.05, 0.1) is 5.69 Å². The fourth-order valence-electron chi connectivity index (χ4n) is 2.31. The molecule has 0 unspecified atom stereocenters. The molecule has 0 spiro atoms. The van der Waals surface area contributed by atoms with Gasteiger partial charge in [-0.15, -0.1) is 0 Å². The van der Waals surface area contributed by atoms with E-state index in [1.54, 1.807) is 0 Å². The van der Waals surface area contributed by atoms with Gasteiger partial charge < -0.3 is 9.80 Å². The predicted octanol–water partition coefficient (Wildman–Crippen LogP) is 1.01. The summed E-state index contributed by atoms with van der Waals surface area (Å²) in [6.07, 6.45) is 1.79. The van der Waals surface area contributed by atoms with Crippen LogP contribution in [0.1, 0.15) is 32.8 Å². The summed E-state index contributed by atoms with van der Waals surface area (Å²) in [6.45, 7) is 10.1. The lowest BCUT2D eigenvalue weighted by atomic mass is 10.0. The van der Waals surface area contributed by atoms with Crippen LogP contribution in [0.4, 0.5) is 5.69 Å². The first-order chi connectivity index (χ1) is 8.56. The molecule has 102 valence electrons. The van der Waals surface area contributed by atoms with Gasteiger partial charge in [-0.3, -0.25) is 9.59 Å². The van der Waals surface area contributed by atoms with Gasteiger partial charge in [0.2, 0.25) is 10.9 Å². The predicted molar refractivity (Wildman–Crippen MR) is 76.4 cm³/mol. The van der Waals surface area contributed by atoms with Gasteiger partial charge in [0.25, 0.3) is 0 Å². The summed E-state index contributed by atoms with van der Waals surface area (Å²) in [6, 6.07) is 0. The minimum absolute atomic E-state index is 0.291. The van der Waals surface area contributed by atoms with Crippen molar-refractivity contribution in [2.45, 2.75) is 33.6 Å². The molecule has 0 amide bonds. The lowest BCUT2D eigenvalue weighted by Gasteiger charge is -2.26. The van der Waals surface area contributed by atoms with E-state index in [1.165, 1.54) is 0 Å². The van der Waals surface area contributed by atoms with E-state index in [2.05, 4.69) is 18.7 Å². The summed E-state index contributed by atoms with van der Waals surface area (Å²) in [5.41, 5.74) is 0.726. The first kappa shape index (κ1) is 14.9. The van der Waals surface area contributed by atoms with Crippen molar-refractivity contribution >= 4 is 5.69 Å². The fraction of sp³-hybridized carbons (Fsp3) is 0.714. The summed E-state index contributed by atoms with van der Waals surface area (Å²) in [5.74, 6) is 0. The number of hydrogen-bond donors (Lipinski definition) is 0. The highest BCUT2D eigenvalue weighted by Crippen LogP contribution is 2.13. The van der Waals surface area contributed by atoms with Crippen LogP contribution >= 0.6 is 0 Å². The second kappa shape index (κ2) is 6.69. The smallest absolute Gasteiger partial charge is 0.249 e. The third-order valence-electron chi connectivity index (χ3n) is 3.46. The van der Waals surface area contributed by atoms with Crippen LogP contribution < -0.4 is 15.8 Å². The third kappa shape index (κ3) is 2.99. The Morgan fingerprint density at radius 1 is 0.944 bits per heavy atom. The van der Waals surface area contributed by atoms with Crippen molar-refractivity contribution < 1.29 is 0 Å². The lowest BCUT2D eigenvalue weighted by molar-refractivity contribution is 0.295. The van der Waals surface area contributed by atoms with Gasteiger partial charge in [0, 0.05) is 25.7 Å². The molecule has 0 aromatic heterocycles. The Morgan fingerprint density at radius 2 is 1.61 bits per heavy atom. The zero-order valence-corrected chi connectivity index (χ0v) is 12.0. The highest BCUT2D eigenvalue weighted by atomic mass is 16.2. The van der Waals surface area contributed by atoms with E-state index in [1.807, 2.05) is 18.9 Å². The monoisotopic (exact) mass is 252 g/mol. The Labute approximate surface area is 109 Å². The van der Waals surface area contributed by atoms with Crippen molar-refractivity contribution in [3.8, 4) is 0 Å². The highest BCUT2D eigenvalue weighted by molar-refractivity contribution is 5.58. The quantitative estimate of drug-likeness (QED) is 0.648. The summed E-state index contributed by atoms with van der Waals surface area (Å²) in [7, 11) is 1.90. The van der Waals surface area contributed by atoms with E-state index >= 15 is 0 Å². The average Bonchev–Trinajstić information content (AvgIpc) is 2.38. The Balaban J connectivity index is 2.60. The highest BCUT2D eigenvalue weighted by Gasteiger charge is 2.22. The molecule has 0 aliphatic heterocycles. The van der Waals surface area contributed by atoms with Crippen LogP contribution in [-0.2, 0) is 6.42 Å². The van der Waals surface area contributed by atoms with Gasteiger partial charge >= 0.3 is 0 Å². The molecule has 4 heteroatoms. The molecular weight excluding hydrogens is 228 g/mol. The van der Waals surface area contributed by atoms with Crippen LogP contribution in [0.2, 0.25) is 0 Å². The van der Waals surface area contributed by atoms with Gasteiger partial charge in [0.1, 0.15) is 0 Å².